The number of carbonyl (C=O) groups excluding carboxylic acids is 1. The minimum absolute atomic E-state index is 0.0188. The molecule has 15 heavy (non-hydrogen) atoms. The molecule has 86 valence electrons. The zero-order chi connectivity index (χ0) is 10.5. The highest BCUT2D eigenvalue weighted by Gasteiger charge is 2.21. The van der Waals surface area contributed by atoms with Crippen molar-refractivity contribution < 1.29 is 14.3 Å². The molecule has 1 N–H and O–H groups in total. The second-order valence-electron chi connectivity index (χ2n) is 3.97. The molecule has 5 nitrogen and oxygen atoms in total. The minimum atomic E-state index is -0.193. The van der Waals surface area contributed by atoms with Crippen molar-refractivity contribution >= 4 is 6.09 Å². The van der Waals surface area contributed by atoms with Crippen molar-refractivity contribution in [2.75, 3.05) is 39.4 Å². The van der Waals surface area contributed by atoms with Gasteiger partial charge in [0.15, 0.2) is 0 Å². The summed E-state index contributed by atoms with van der Waals surface area (Å²) < 4.78 is 10.6. The highest BCUT2D eigenvalue weighted by molar-refractivity contribution is 5.67. The van der Waals surface area contributed by atoms with Gasteiger partial charge in [-0.15, -0.1) is 0 Å². The molecule has 2 aliphatic heterocycles. The van der Waals surface area contributed by atoms with E-state index in [1.807, 2.05) is 0 Å². The maximum absolute atomic E-state index is 11.5. The molecular formula is C10H18N2O3. The predicted molar refractivity (Wildman–Crippen MR) is 54.8 cm³/mol. The molecule has 1 amide bonds. The van der Waals surface area contributed by atoms with E-state index in [9.17, 15) is 4.79 Å². The largest absolute Gasteiger partial charge is 0.447 e. The third-order valence-corrected chi connectivity index (χ3v) is 2.76. The van der Waals surface area contributed by atoms with Crippen molar-refractivity contribution in [1.82, 2.24) is 10.2 Å². The number of rotatable bonds is 2. The van der Waals surface area contributed by atoms with Gasteiger partial charge in [-0.3, -0.25) is 0 Å². The lowest BCUT2D eigenvalue weighted by molar-refractivity contribution is -0.0174. The Kier molecular flexibility index (Phi) is 3.80. The Morgan fingerprint density at radius 2 is 2.27 bits per heavy atom. The molecule has 0 radical (unpaired) electrons. The third kappa shape index (κ3) is 3.07. The Morgan fingerprint density at radius 1 is 1.47 bits per heavy atom. The number of amides is 1. The molecule has 2 rings (SSSR count). The Balaban J connectivity index is 1.65. The zero-order valence-electron chi connectivity index (χ0n) is 8.91. The smallest absolute Gasteiger partial charge is 0.409 e. The van der Waals surface area contributed by atoms with Crippen LogP contribution in [0.25, 0.3) is 0 Å². The Hall–Kier alpha value is -0.810. The summed E-state index contributed by atoms with van der Waals surface area (Å²) in [6, 6.07) is 0. The van der Waals surface area contributed by atoms with E-state index < -0.39 is 0 Å². The standard InChI is InChI=1S/C10H18N2O3/c13-10(12-4-1-2-5-12)15-8-9-7-11-3-6-14-9/h9,11H,1-8H2. The Labute approximate surface area is 89.7 Å². The van der Waals surface area contributed by atoms with Crippen LogP contribution in [-0.4, -0.2) is 56.5 Å². The number of likely N-dealkylation sites (tertiary alicyclic amines) is 1. The molecule has 1 atom stereocenters. The fourth-order valence-corrected chi connectivity index (χ4v) is 1.88. The van der Waals surface area contributed by atoms with E-state index in [1.165, 1.54) is 0 Å². The molecule has 0 aromatic carbocycles. The molecule has 5 heteroatoms. The van der Waals surface area contributed by atoms with Crippen LogP contribution in [0.15, 0.2) is 0 Å². The molecule has 0 saturated carbocycles. The second-order valence-corrected chi connectivity index (χ2v) is 3.97. The highest BCUT2D eigenvalue weighted by Crippen LogP contribution is 2.09. The summed E-state index contributed by atoms with van der Waals surface area (Å²) in [5.74, 6) is 0. The van der Waals surface area contributed by atoms with E-state index in [2.05, 4.69) is 5.32 Å². The predicted octanol–water partition coefficient (Wildman–Crippen LogP) is 0.207. The van der Waals surface area contributed by atoms with Crippen LogP contribution < -0.4 is 5.32 Å². The van der Waals surface area contributed by atoms with Crippen LogP contribution in [0.2, 0.25) is 0 Å². The van der Waals surface area contributed by atoms with Crippen LogP contribution in [0.3, 0.4) is 0 Å². The van der Waals surface area contributed by atoms with Gasteiger partial charge in [0.1, 0.15) is 12.7 Å². The van der Waals surface area contributed by atoms with E-state index in [1.54, 1.807) is 4.90 Å². The number of ether oxygens (including phenoxy) is 2. The summed E-state index contributed by atoms with van der Waals surface area (Å²) in [6.45, 7) is 4.39. The number of hydrogen-bond acceptors (Lipinski definition) is 4. The van der Waals surface area contributed by atoms with Crippen molar-refractivity contribution in [3.63, 3.8) is 0 Å². The molecule has 0 bridgehead atoms. The SMILES string of the molecule is O=C(OCC1CNCCO1)N1CCCC1. The van der Waals surface area contributed by atoms with Crippen LogP contribution in [-0.2, 0) is 9.47 Å². The number of hydrogen-bond donors (Lipinski definition) is 1. The fraction of sp³-hybridized carbons (Fsp3) is 0.900. The van der Waals surface area contributed by atoms with Gasteiger partial charge in [0, 0.05) is 26.2 Å². The molecule has 2 saturated heterocycles. The molecule has 1 unspecified atom stereocenters. The Morgan fingerprint density at radius 3 is 2.93 bits per heavy atom. The molecule has 0 aromatic rings. The zero-order valence-corrected chi connectivity index (χ0v) is 8.91. The van der Waals surface area contributed by atoms with Gasteiger partial charge in [-0.1, -0.05) is 0 Å². The summed E-state index contributed by atoms with van der Waals surface area (Å²) in [5, 5.41) is 3.20. The highest BCUT2D eigenvalue weighted by atomic mass is 16.6. The maximum Gasteiger partial charge on any atom is 0.409 e. The number of nitrogens with one attached hydrogen (secondary N) is 1. The minimum Gasteiger partial charge on any atom is -0.447 e. The van der Waals surface area contributed by atoms with Gasteiger partial charge in [-0.25, -0.2) is 4.79 Å². The average molecular weight is 214 g/mol. The lowest BCUT2D eigenvalue weighted by Crippen LogP contribution is -2.42. The molecule has 2 aliphatic rings. The van der Waals surface area contributed by atoms with Gasteiger partial charge in [0.25, 0.3) is 0 Å². The van der Waals surface area contributed by atoms with E-state index in [-0.39, 0.29) is 12.2 Å². The lowest BCUT2D eigenvalue weighted by atomic mass is 10.3. The molecular weight excluding hydrogens is 196 g/mol. The molecule has 0 aromatic heterocycles. The average Bonchev–Trinajstić information content (AvgIpc) is 2.81. The summed E-state index contributed by atoms with van der Waals surface area (Å²) in [7, 11) is 0. The van der Waals surface area contributed by atoms with Crippen LogP contribution in [0.1, 0.15) is 12.8 Å². The van der Waals surface area contributed by atoms with Gasteiger partial charge in [0.2, 0.25) is 0 Å². The van der Waals surface area contributed by atoms with Crippen LogP contribution in [0.4, 0.5) is 4.79 Å². The topological polar surface area (TPSA) is 50.8 Å². The summed E-state index contributed by atoms with van der Waals surface area (Å²) in [4.78, 5) is 13.3. The Bertz CT molecular complexity index is 211. The van der Waals surface area contributed by atoms with Gasteiger partial charge in [-0.05, 0) is 12.8 Å². The number of nitrogens with zero attached hydrogens (tertiary/aromatic N) is 1. The quantitative estimate of drug-likeness (QED) is 0.714. The normalized spacial score (nSPS) is 26.7. The summed E-state index contributed by atoms with van der Waals surface area (Å²) in [5.41, 5.74) is 0. The first-order valence-electron chi connectivity index (χ1n) is 5.60. The van der Waals surface area contributed by atoms with Crippen LogP contribution in [0, 0.1) is 0 Å². The first-order chi connectivity index (χ1) is 7.36. The van der Waals surface area contributed by atoms with Crippen molar-refractivity contribution in [2.24, 2.45) is 0 Å². The first-order valence-corrected chi connectivity index (χ1v) is 5.60. The van der Waals surface area contributed by atoms with Gasteiger partial charge in [0.05, 0.1) is 6.61 Å². The summed E-state index contributed by atoms with van der Waals surface area (Å²) in [6.07, 6.45) is 2.01. The third-order valence-electron chi connectivity index (χ3n) is 2.76. The van der Waals surface area contributed by atoms with Crippen molar-refractivity contribution in [3.8, 4) is 0 Å². The van der Waals surface area contributed by atoms with Crippen molar-refractivity contribution in [3.05, 3.63) is 0 Å². The van der Waals surface area contributed by atoms with E-state index in [0.717, 1.165) is 39.0 Å². The number of carbonyl (C=O) groups is 1. The van der Waals surface area contributed by atoms with E-state index in [4.69, 9.17) is 9.47 Å². The van der Waals surface area contributed by atoms with E-state index in [0.29, 0.717) is 13.2 Å². The molecule has 2 fully saturated rings. The van der Waals surface area contributed by atoms with Gasteiger partial charge in [-0.2, -0.15) is 0 Å². The van der Waals surface area contributed by atoms with Crippen LogP contribution >= 0.6 is 0 Å². The van der Waals surface area contributed by atoms with Crippen LogP contribution in [0.5, 0.6) is 0 Å². The summed E-state index contributed by atoms with van der Waals surface area (Å²) >= 11 is 0. The first kappa shape index (κ1) is 10.7. The second kappa shape index (κ2) is 5.32. The molecule has 2 heterocycles. The molecule has 0 aliphatic carbocycles. The monoisotopic (exact) mass is 214 g/mol. The van der Waals surface area contributed by atoms with E-state index >= 15 is 0 Å². The maximum atomic E-state index is 11.5. The number of morpholine rings is 1. The molecule has 0 spiro atoms. The van der Waals surface area contributed by atoms with Crippen molar-refractivity contribution in [1.29, 1.82) is 0 Å². The van der Waals surface area contributed by atoms with Gasteiger partial charge >= 0.3 is 6.09 Å². The van der Waals surface area contributed by atoms with Gasteiger partial charge < -0.3 is 19.7 Å². The lowest BCUT2D eigenvalue weighted by Gasteiger charge is -2.24. The van der Waals surface area contributed by atoms with Crippen molar-refractivity contribution in [2.45, 2.75) is 18.9 Å². The fourth-order valence-electron chi connectivity index (χ4n) is 1.88.